The number of nitrogens with zero attached hydrogens (tertiary/aromatic N) is 3. The third kappa shape index (κ3) is 0.754. The predicted molar refractivity (Wildman–Crippen MR) is 32.5 cm³/mol. The van der Waals surface area contributed by atoms with E-state index >= 15 is 0 Å². The maximum Gasteiger partial charge on any atom is 0.164 e. The van der Waals surface area contributed by atoms with Crippen LogP contribution in [0.2, 0.25) is 0 Å². The normalized spacial score (nSPS) is 23.0. The van der Waals surface area contributed by atoms with Crippen LogP contribution in [0.5, 0.6) is 0 Å². The van der Waals surface area contributed by atoms with Crippen molar-refractivity contribution in [3.63, 3.8) is 0 Å². The van der Waals surface area contributed by atoms with E-state index in [1.165, 1.54) is 6.26 Å². The highest BCUT2D eigenvalue weighted by atomic mass is 16.5. The molecule has 0 aliphatic carbocycles. The molecule has 10 heavy (non-hydrogen) atoms. The van der Waals surface area contributed by atoms with Crippen molar-refractivity contribution in [3.05, 3.63) is 12.0 Å². The second kappa shape index (κ2) is 2.09. The van der Waals surface area contributed by atoms with Crippen LogP contribution in [0.3, 0.4) is 0 Å². The highest BCUT2D eigenvalue weighted by molar-refractivity contribution is 5.57. The molecule has 1 aromatic heterocycles. The quantitative estimate of drug-likeness (QED) is 0.573. The van der Waals surface area contributed by atoms with Crippen LogP contribution in [0.25, 0.3) is 0 Å². The van der Waals surface area contributed by atoms with Gasteiger partial charge in [0.2, 0.25) is 0 Å². The molecule has 0 amide bonds. The molecular formula is C5H5N4O. The van der Waals surface area contributed by atoms with E-state index in [1.807, 2.05) is 0 Å². The van der Waals surface area contributed by atoms with Crippen molar-refractivity contribution in [2.24, 2.45) is 4.99 Å². The lowest BCUT2D eigenvalue weighted by atomic mass is 10.2. The first-order valence-corrected chi connectivity index (χ1v) is 2.91. The zero-order chi connectivity index (χ0) is 6.81. The predicted octanol–water partition coefficient (Wildman–Crippen LogP) is -0.381. The van der Waals surface area contributed by atoms with E-state index in [-0.39, 0.29) is 6.04 Å². The zero-order valence-electron chi connectivity index (χ0n) is 5.11. The van der Waals surface area contributed by atoms with Gasteiger partial charge in [-0.3, -0.25) is 4.99 Å². The standard InChI is InChI=1S/C5H5N4O/c1-4(7-3-6-1)5-2-10-9-8-5/h2,4H,1H2,(H,6,7). The first kappa shape index (κ1) is 5.40. The molecule has 5 heteroatoms. The van der Waals surface area contributed by atoms with Gasteiger partial charge in [0.1, 0.15) is 18.0 Å². The summed E-state index contributed by atoms with van der Waals surface area (Å²) in [6.45, 7) is 0.730. The van der Waals surface area contributed by atoms with Crippen LogP contribution in [0, 0.1) is 0 Å². The molecule has 5 nitrogen and oxygen atoms in total. The largest absolute Gasteiger partial charge is 0.365 e. The number of hydrogen-bond donors (Lipinski definition) is 1. The molecule has 2 rings (SSSR count). The third-order valence-corrected chi connectivity index (χ3v) is 1.31. The van der Waals surface area contributed by atoms with Crippen LogP contribution >= 0.6 is 0 Å². The molecule has 1 radical (unpaired) electrons. The Kier molecular flexibility index (Phi) is 1.13. The maximum atomic E-state index is 4.55. The first-order chi connectivity index (χ1) is 4.97. The van der Waals surface area contributed by atoms with Gasteiger partial charge in [-0.25, -0.2) is 0 Å². The van der Waals surface area contributed by atoms with Crippen molar-refractivity contribution >= 4 is 6.34 Å². The Hall–Kier alpha value is -1.39. The van der Waals surface area contributed by atoms with E-state index in [0.29, 0.717) is 0 Å². The van der Waals surface area contributed by atoms with Crippen LogP contribution in [0.4, 0.5) is 0 Å². The fourth-order valence-corrected chi connectivity index (χ4v) is 0.799. The maximum absolute atomic E-state index is 4.55. The fourth-order valence-electron chi connectivity index (χ4n) is 0.799. The van der Waals surface area contributed by atoms with Crippen molar-refractivity contribution in [1.82, 2.24) is 15.7 Å². The summed E-state index contributed by atoms with van der Waals surface area (Å²) in [5.41, 5.74) is 0.748. The summed E-state index contributed by atoms with van der Waals surface area (Å²) in [5, 5.41) is 9.87. The van der Waals surface area contributed by atoms with Gasteiger partial charge in [-0.05, 0) is 0 Å². The molecular weight excluding hydrogens is 132 g/mol. The Bertz CT molecular complexity index is 230. The number of aromatic nitrogens is 2. The minimum absolute atomic E-state index is 0.0336. The molecule has 0 spiro atoms. The number of hydrogen-bond acceptors (Lipinski definition) is 5. The average Bonchev–Trinajstić information content (AvgIpc) is 2.59. The molecule has 1 aromatic rings. The topological polar surface area (TPSA) is 63.3 Å². The van der Waals surface area contributed by atoms with Gasteiger partial charge in [0.15, 0.2) is 6.34 Å². The summed E-state index contributed by atoms with van der Waals surface area (Å²) in [5.74, 6) is 0. The molecule has 0 bridgehead atoms. The van der Waals surface area contributed by atoms with Crippen LogP contribution in [-0.2, 0) is 0 Å². The first-order valence-electron chi connectivity index (χ1n) is 2.91. The van der Waals surface area contributed by atoms with E-state index in [4.69, 9.17) is 0 Å². The van der Waals surface area contributed by atoms with E-state index < -0.39 is 0 Å². The molecule has 0 aromatic carbocycles. The van der Waals surface area contributed by atoms with Gasteiger partial charge in [0.25, 0.3) is 0 Å². The minimum Gasteiger partial charge on any atom is -0.365 e. The van der Waals surface area contributed by atoms with Crippen LogP contribution in [0.15, 0.2) is 15.8 Å². The molecule has 0 saturated carbocycles. The molecule has 1 unspecified atom stereocenters. The summed E-state index contributed by atoms with van der Waals surface area (Å²) in [7, 11) is 0. The molecule has 0 saturated heterocycles. The second-order valence-electron chi connectivity index (χ2n) is 1.97. The summed E-state index contributed by atoms with van der Waals surface area (Å²) in [6.07, 6.45) is 4.12. The SMILES string of the molecule is [C]1=NC(c2conn2)CN1. The Morgan fingerprint density at radius 1 is 1.80 bits per heavy atom. The molecule has 1 aliphatic heterocycles. The Morgan fingerprint density at radius 3 is 3.40 bits per heavy atom. The van der Waals surface area contributed by atoms with Crippen molar-refractivity contribution in [2.75, 3.05) is 6.54 Å². The summed E-state index contributed by atoms with van der Waals surface area (Å²) in [6, 6.07) is 0.0336. The van der Waals surface area contributed by atoms with E-state index in [0.717, 1.165) is 12.2 Å². The second-order valence-corrected chi connectivity index (χ2v) is 1.97. The third-order valence-electron chi connectivity index (χ3n) is 1.31. The van der Waals surface area contributed by atoms with Crippen molar-refractivity contribution in [2.45, 2.75) is 6.04 Å². The molecule has 51 valence electrons. The highest BCUT2D eigenvalue weighted by Gasteiger charge is 2.16. The Balaban J connectivity index is 2.20. The molecule has 0 fully saturated rings. The van der Waals surface area contributed by atoms with Crippen LogP contribution in [-0.4, -0.2) is 23.3 Å². The van der Waals surface area contributed by atoms with Gasteiger partial charge in [0, 0.05) is 11.8 Å². The van der Waals surface area contributed by atoms with E-state index in [2.05, 4.69) is 31.5 Å². The molecule has 2 heterocycles. The average molecular weight is 137 g/mol. The Labute approximate surface area is 57.1 Å². The van der Waals surface area contributed by atoms with Gasteiger partial charge in [-0.15, -0.1) is 5.10 Å². The number of aliphatic imine (C=N–C) groups is 1. The lowest BCUT2D eigenvalue weighted by Crippen LogP contribution is -2.09. The van der Waals surface area contributed by atoms with Gasteiger partial charge in [-0.2, -0.15) is 0 Å². The number of rotatable bonds is 1. The van der Waals surface area contributed by atoms with Gasteiger partial charge >= 0.3 is 0 Å². The van der Waals surface area contributed by atoms with E-state index in [9.17, 15) is 0 Å². The Morgan fingerprint density at radius 2 is 2.80 bits per heavy atom. The number of nitrogens with one attached hydrogen (secondary N) is 1. The van der Waals surface area contributed by atoms with Crippen LogP contribution in [0.1, 0.15) is 11.7 Å². The van der Waals surface area contributed by atoms with Crippen molar-refractivity contribution < 1.29 is 4.52 Å². The highest BCUT2D eigenvalue weighted by Crippen LogP contribution is 2.14. The molecule has 1 N–H and O–H groups in total. The lowest BCUT2D eigenvalue weighted by molar-refractivity contribution is 0.392. The fraction of sp³-hybridized carbons (Fsp3) is 0.400. The summed E-state index contributed by atoms with van der Waals surface area (Å²) < 4.78 is 4.55. The van der Waals surface area contributed by atoms with Crippen LogP contribution < -0.4 is 5.32 Å². The summed E-state index contributed by atoms with van der Waals surface area (Å²) >= 11 is 0. The van der Waals surface area contributed by atoms with Gasteiger partial charge in [-0.1, -0.05) is 0 Å². The van der Waals surface area contributed by atoms with Crippen molar-refractivity contribution in [1.29, 1.82) is 0 Å². The monoisotopic (exact) mass is 137 g/mol. The summed E-state index contributed by atoms with van der Waals surface area (Å²) in [4.78, 5) is 3.95. The van der Waals surface area contributed by atoms with Gasteiger partial charge in [0.05, 0.1) is 0 Å². The minimum atomic E-state index is 0.0336. The smallest absolute Gasteiger partial charge is 0.164 e. The zero-order valence-corrected chi connectivity index (χ0v) is 5.11. The van der Waals surface area contributed by atoms with Crippen molar-refractivity contribution in [3.8, 4) is 0 Å². The van der Waals surface area contributed by atoms with E-state index in [1.54, 1.807) is 0 Å². The van der Waals surface area contributed by atoms with Gasteiger partial charge < -0.3 is 9.84 Å². The molecule has 1 atom stereocenters. The molecule has 1 aliphatic rings. The lowest BCUT2D eigenvalue weighted by Gasteiger charge is -1.96.